The molecule has 0 bridgehead atoms. The molecule has 1 aliphatic rings. The number of halogens is 2. The molecule has 2 heterocycles. The van der Waals surface area contributed by atoms with Gasteiger partial charge in [0.1, 0.15) is 17.2 Å². The quantitative estimate of drug-likeness (QED) is 0.658. The monoisotopic (exact) mass is 440 g/mol. The van der Waals surface area contributed by atoms with Crippen molar-refractivity contribution in [2.24, 2.45) is 0 Å². The third-order valence-corrected chi connectivity index (χ3v) is 5.63. The largest absolute Gasteiger partial charge is 0.305 e. The molecule has 1 aliphatic heterocycles. The van der Waals surface area contributed by atoms with E-state index in [0.717, 1.165) is 38.3 Å². The average molecular weight is 440 g/mol. The lowest BCUT2D eigenvalue weighted by Gasteiger charge is -2.32. The topological polar surface area (TPSA) is 82.6 Å². The van der Waals surface area contributed by atoms with Crippen LogP contribution >= 0.6 is 11.8 Å². The van der Waals surface area contributed by atoms with Gasteiger partial charge in [0.15, 0.2) is 0 Å². The average Bonchev–Trinajstić information content (AvgIpc) is 3.16. The molecule has 0 aliphatic carbocycles. The molecular weight excluding hydrogens is 416 g/mol. The molecule has 0 atom stereocenters. The maximum Gasteiger partial charge on any atom is 0.305 e. The molecule has 0 saturated carbocycles. The molecular formula is C19H24F2N5O3S+. The van der Waals surface area contributed by atoms with Crippen LogP contribution in [-0.4, -0.2) is 59.2 Å². The highest BCUT2D eigenvalue weighted by atomic mass is 32.2. The second-order valence-corrected chi connectivity index (χ2v) is 8.17. The molecule has 0 unspecified atom stereocenters. The number of hydrogen-bond acceptors (Lipinski definition) is 7. The highest BCUT2D eigenvalue weighted by Gasteiger charge is 2.27. The summed E-state index contributed by atoms with van der Waals surface area (Å²) in [6, 6.07) is 3.72. The van der Waals surface area contributed by atoms with E-state index in [1.165, 1.54) is 6.07 Å². The second kappa shape index (κ2) is 9.98. The minimum Gasteiger partial charge on any atom is -0.297 e. The molecule has 2 aromatic rings. The van der Waals surface area contributed by atoms with Crippen LogP contribution in [0.5, 0.6) is 0 Å². The van der Waals surface area contributed by atoms with Crippen LogP contribution in [0.3, 0.4) is 0 Å². The Balaban J connectivity index is 1.44. The summed E-state index contributed by atoms with van der Waals surface area (Å²) in [5.74, 6) is -1.97. The summed E-state index contributed by atoms with van der Waals surface area (Å²) >= 11 is 0.683. The van der Waals surface area contributed by atoms with E-state index in [9.17, 15) is 18.4 Å². The molecule has 11 heteroatoms. The summed E-state index contributed by atoms with van der Waals surface area (Å²) in [6.07, 6.45) is 1.55. The summed E-state index contributed by atoms with van der Waals surface area (Å²) in [4.78, 5) is 28.0. The molecule has 30 heavy (non-hydrogen) atoms. The van der Waals surface area contributed by atoms with E-state index in [1.807, 2.05) is 5.01 Å². The van der Waals surface area contributed by atoms with Crippen LogP contribution in [-0.2, 0) is 4.79 Å². The number of nitrogens with zero attached hydrogens (tertiary/aromatic N) is 4. The Labute approximate surface area is 177 Å². The van der Waals surface area contributed by atoms with E-state index < -0.39 is 28.2 Å². The van der Waals surface area contributed by atoms with Crippen molar-refractivity contribution in [3.05, 3.63) is 41.6 Å². The van der Waals surface area contributed by atoms with Gasteiger partial charge in [0.25, 0.3) is 6.20 Å². The SMILES string of the molecule is CC(C)N1CCN([n+]2cc(NC(=O)CCSC(=O)c3c(F)cccc3F)on2)CC1. The Bertz CT molecular complexity index is 880. The zero-order chi connectivity index (χ0) is 21.7. The maximum absolute atomic E-state index is 13.6. The van der Waals surface area contributed by atoms with E-state index in [0.29, 0.717) is 17.8 Å². The highest BCUT2D eigenvalue weighted by Crippen LogP contribution is 2.19. The number of rotatable bonds is 7. The van der Waals surface area contributed by atoms with E-state index >= 15 is 0 Å². The predicted molar refractivity (Wildman–Crippen MR) is 108 cm³/mol. The number of anilines is 1. The number of amides is 1. The normalized spacial score (nSPS) is 14.9. The van der Waals surface area contributed by atoms with Gasteiger partial charge >= 0.3 is 5.88 Å². The number of thioether (sulfide) groups is 1. The van der Waals surface area contributed by atoms with Crippen LogP contribution < -0.4 is 15.1 Å². The molecule has 1 saturated heterocycles. The van der Waals surface area contributed by atoms with Gasteiger partial charge in [-0.1, -0.05) is 17.8 Å². The lowest BCUT2D eigenvalue weighted by molar-refractivity contribution is -0.759. The van der Waals surface area contributed by atoms with Gasteiger partial charge in [0.05, 0.1) is 17.9 Å². The summed E-state index contributed by atoms with van der Waals surface area (Å²) in [5.41, 5.74) is -0.600. The van der Waals surface area contributed by atoms with Crippen LogP contribution in [0, 0.1) is 11.6 Å². The molecule has 1 fully saturated rings. The Hall–Kier alpha value is -2.53. The lowest BCUT2D eigenvalue weighted by Crippen LogP contribution is -2.65. The number of piperazine rings is 1. The third kappa shape index (κ3) is 5.54. The summed E-state index contributed by atoms with van der Waals surface area (Å²) in [6.45, 7) is 7.71. The van der Waals surface area contributed by atoms with E-state index in [2.05, 4.69) is 29.3 Å². The van der Waals surface area contributed by atoms with Gasteiger partial charge in [-0.25, -0.2) is 8.78 Å². The molecule has 162 valence electrons. The fourth-order valence-electron chi connectivity index (χ4n) is 3.06. The lowest BCUT2D eigenvalue weighted by atomic mass is 10.2. The highest BCUT2D eigenvalue weighted by molar-refractivity contribution is 8.14. The third-order valence-electron chi connectivity index (χ3n) is 4.76. The van der Waals surface area contributed by atoms with Gasteiger partial charge in [-0.2, -0.15) is 5.01 Å². The van der Waals surface area contributed by atoms with E-state index in [-0.39, 0.29) is 18.1 Å². The van der Waals surface area contributed by atoms with Gasteiger partial charge in [-0.05, 0) is 26.0 Å². The van der Waals surface area contributed by atoms with Crippen molar-refractivity contribution in [3.63, 3.8) is 0 Å². The Morgan fingerprint density at radius 1 is 1.23 bits per heavy atom. The van der Waals surface area contributed by atoms with Crippen LogP contribution in [0.4, 0.5) is 14.7 Å². The molecule has 8 nitrogen and oxygen atoms in total. The van der Waals surface area contributed by atoms with Gasteiger partial charge in [-0.3, -0.25) is 24.3 Å². The Kier molecular flexibility index (Phi) is 7.38. The van der Waals surface area contributed by atoms with Gasteiger partial charge < -0.3 is 0 Å². The minimum atomic E-state index is -0.919. The number of hydrogen-bond donors (Lipinski definition) is 1. The number of nitrogens with one attached hydrogen (secondary N) is 1. The predicted octanol–water partition coefficient (Wildman–Crippen LogP) is 1.80. The zero-order valence-electron chi connectivity index (χ0n) is 16.8. The van der Waals surface area contributed by atoms with Crippen molar-refractivity contribution in [1.82, 2.24) is 10.2 Å². The first-order chi connectivity index (χ1) is 14.3. The second-order valence-electron chi connectivity index (χ2n) is 7.10. The summed E-state index contributed by atoms with van der Waals surface area (Å²) in [7, 11) is 0. The van der Waals surface area contributed by atoms with Crippen molar-refractivity contribution in [1.29, 1.82) is 0 Å². The first kappa shape index (κ1) is 22.2. The van der Waals surface area contributed by atoms with Crippen LogP contribution in [0.25, 0.3) is 0 Å². The standard InChI is InChI=1S/C19H23F2N5O3S/c1-13(2)24-7-9-25(10-8-24)26-12-17(29-23-26)22-16(27)6-11-30-19(28)18-14(20)4-3-5-15(18)21/h3-5,12-13H,6-11H2,1-2H3/p+1. The minimum absolute atomic E-state index is 0.0275. The first-order valence-corrected chi connectivity index (χ1v) is 10.6. The Morgan fingerprint density at radius 3 is 2.53 bits per heavy atom. The van der Waals surface area contributed by atoms with E-state index in [1.54, 1.807) is 11.0 Å². The summed E-state index contributed by atoms with van der Waals surface area (Å²) in [5, 5.41) is 7.74. The molecule has 1 N–H and O–H groups in total. The van der Waals surface area contributed by atoms with Gasteiger partial charge in [0.2, 0.25) is 16.3 Å². The van der Waals surface area contributed by atoms with E-state index in [4.69, 9.17) is 4.52 Å². The fourth-order valence-corrected chi connectivity index (χ4v) is 3.87. The van der Waals surface area contributed by atoms with Crippen LogP contribution in [0.2, 0.25) is 0 Å². The van der Waals surface area contributed by atoms with Crippen molar-refractivity contribution < 1.29 is 27.7 Å². The summed E-state index contributed by atoms with van der Waals surface area (Å²) < 4.78 is 32.4. The molecule has 0 radical (unpaired) electrons. The van der Waals surface area contributed by atoms with Crippen LogP contribution in [0.15, 0.2) is 28.9 Å². The number of carbonyl (C=O) groups is 2. The fraction of sp³-hybridized carbons (Fsp3) is 0.474. The van der Waals surface area contributed by atoms with Crippen LogP contribution in [0.1, 0.15) is 30.6 Å². The first-order valence-electron chi connectivity index (χ1n) is 9.64. The zero-order valence-corrected chi connectivity index (χ0v) is 17.6. The molecule has 1 aromatic carbocycles. The number of carbonyl (C=O) groups excluding carboxylic acids is 2. The molecule has 3 rings (SSSR count). The molecule has 0 spiro atoms. The van der Waals surface area contributed by atoms with Crippen molar-refractivity contribution in [2.45, 2.75) is 26.3 Å². The molecule has 1 aromatic heterocycles. The number of aromatic nitrogens is 2. The van der Waals surface area contributed by atoms with Crippen molar-refractivity contribution in [3.8, 4) is 0 Å². The Morgan fingerprint density at radius 2 is 1.90 bits per heavy atom. The smallest absolute Gasteiger partial charge is 0.297 e. The van der Waals surface area contributed by atoms with Gasteiger partial charge in [-0.15, -0.1) is 0 Å². The van der Waals surface area contributed by atoms with Crippen molar-refractivity contribution in [2.75, 3.05) is 42.3 Å². The maximum atomic E-state index is 13.6. The van der Waals surface area contributed by atoms with Gasteiger partial charge in [0, 0.05) is 31.3 Å². The molecule has 1 amide bonds. The number of benzene rings is 1. The van der Waals surface area contributed by atoms with Crippen molar-refractivity contribution >= 4 is 28.7 Å².